The number of carbonyl (C=O) groups is 2. The van der Waals surface area contributed by atoms with E-state index in [1.165, 1.54) is 22.8 Å². The standard InChI is InChI=1S/C19H18F6N4O3/c1-11(30)27-4-6-28(7-5-27)16(31)15-10-29(17(32-15)19(23,24)25)13-3-2-12(9-26)14(8-13)18(20,21)22/h2-3,8,15,17H,4-7,10H2,1H3. The molecule has 0 spiro atoms. The molecule has 1 aromatic rings. The van der Waals surface area contributed by atoms with Gasteiger partial charge < -0.3 is 19.4 Å². The largest absolute Gasteiger partial charge is 0.433 e. The highest BCUT2D eigenvalue weighted by Crippen LogP contribution is 2.39. The van der Waals surface area contributed by atoms with Gasteiger partial charge in [-0.15, -0.1) is 0 Å². The number of hydrogen-bond acceptors (Lipinski definition) is 5. The second-order valence-electron chi connectivity index (χ2n) is 7.34. The van der Waals surface area contributed by atoms with Crippen molar-refractivity contribution in [3.05, 3.63) is 29.3 Å². The van der Waals surface area contributed by atoms with Crippen molar-refractivity contribution in [1.82, 2.24) is 9.80 Å². The Labute approximate surface area is 178 Å². The van der Waals surface area contributed by atoms with Gasteiger partial charge in [-0.2, -0.15) is 31.6 Å². The topological polar surface area (TPSA) is 76.9 Å². The van der Waals surface area contributed by atoms with Gasteiger partial charge in [-0.3, -0.25) is 9.59 Å². The molecule has 3 rings (SSSR count). The number of nitrogens with zero attached hydrogens (tertiary/aromatic N) is 4. The van der Waals surface area contributed by atoms with Crippen LogP contribution >= 0.6 is 0 Å². The molecule has 2 heterocycles. The highest BCUT2D eigenvalue weighted by molar-refractivity contribution is 5.83. The molecule has 1 aromatic carbocycles. The van der Waals surface area contributed by atoms with Gasteiger partial charge in [-0.1, -0.05) is 0 Å². The van der Waals surface area contributed by atoms with Gasteiger partial charge in [0, 0.05) is 38.8 Å². The van der Waals surface area contributed by atoms with Crippen LogP contribution in [0.1, 0.15) is 18.1 Å². The van der Waals surface area contributed by atoms with Crippen LogP contribution in [0.2, 0.25) is 0 Å². The third kappa shape index (κ3) is 4.74. The molecule has 2 saturated heterocycles. The lowest BCUT2D eigenvalue weighted by Gasteiger charge is -2.35. The van der Waals surface area contributed by atoms with Crippen LogP contribution in [0.4, 0.5) is 32.0 Å². The van der Waals surface area contributed by atoms with Gasteiger partial charge in [-0.25, -0.2) is 0 Å². The number of nitriles is 1. The van der Waals surface area contributed by atoms with Gasteiger partial charge in [-0.05, 0) is 18.2 Å². The van der Waals surface area contributed by atoms with Crippen molar-refractivity contribution in [3.8, 4) is 6.07 Å². The molecule has 0 bridgehead atoms. The Morgan fingerprint density at radius 3 is 2.16 bits per heavy atom. The zero-order valence-corrected chi connectivity index (χ0v) is 16.7. The molecule has 0 radical (unpaired) electrons. The Bertz CT molecular complexity index is 934. The lowest BCUT2D eigenvalue weighted by molar-refractivity contribution is -0.215. The van der Waals surface area contributed by atoms with Crippen molar-refractivity contribution < 1.29 is 40.7 Å². The number of amides is 2. The van der Waals surface area contributed by atoms with Crippen LogP contribution < -0.4 is 4.90 Å². The fraction of sp³-hybridized carbons (Fsp3) is 0.526. The summed E-state index contributed by atoms with van der Waals surface area (Å²) < 4.78 is 85.5. The van der Waals surface area contributed by atoms with Crippen molar-refractivity contribution in [1.29, 1.82) is 5.26 Å². The summed E-state index contributed by atoms with van der Waals surface area (Å²) >= 11 is 0. The maximum Gasteiger partial charge on any atom is 0.433 e. The summed E-state index contributed by atoms with van der Waals surface area (Å²) in [7, 11) is 0. The van der Waals surface area contributed by atoms with Crippen molar-refractivity contribution in [2.45, 2.75) is 31.6 Å². The Morgan fingerprint density at radius 1 is 1.06 bits per heavy atom. The van der Waals surface area contributed by atoms with Crippen LogP contribution in [0, 0.1) is 11.3 Å². The van der Waals surface area contributed by atoms with E-state index in [9.17, 15) is 35.9 Å². The third-order valence-electron chi connectivity index (χ3n) is 5.29. The number of rotatable bonds is 2. The molecule has 2 aliphatic heterocycles. The molecule has 2 amide bonds. The van der Waals surface area contributed by atoms with Crippen LogP contribution in [-0.4, -0.2) is 72.8 Å². The molecule has 0 N–H and O–H groups in total. The molecule has 2 atom stereocenters. The lowest BCUT2D eigenvalue weighted by Crippen LogP contribution is -2.53. The Balaban J connectivity index is 1.85. The first-order chi connectivity index (χ1) is 14.8. The van der Waals surface area contributed by atoms with E-state index >= 15 is 0 Å². The van der Waals surface area contributed by atoms with Gasteiger partial charge in [0.25, 0.3) is 5.91 Å². The Kier molecular flexibility index (Phi) is 6.28. The van der Waals surface area contributed by atoms with E-state index in [1.807, 2.05) is 0 Å². The normalized spacial score (nSPS) is 22.1. The number of alkyl halides is 6. The molecule has 0 aromatic heterocycles. The fourth-order valence-corrected chi connectivity index (χ4v) is 3.67. The third-order valence-corrected chi connectivity index (χ3v) is 5.29. The molecule has 13 heteroatoms. The molecule has 7 nitrogen and oxygen atoms in total. The van der Waals surface area contributed by atoms with Gasteiger partial charge >= 0.3 is 12.4 Å². The first-order valence-corrected chi connectivity index (χ1v) is 9.47. The summed E-state index contributed by atoms with van der Waals surface area (Å²) in [5.74, 6) is -0.937. The number of hydrogen-bond donors (Lipinski definition) is 0. The second kappa shape index (κ2) is 8.50. The number of halogens is 6. The average Bonchev–Trinajstić information content (AvgIpc) is 3.18. The van der Waals surface area contributed by atoms with E-state index in [0.29, 0.717) is 11.0 Å². The van der Waals surface area contributed by atoms with Crippen molar-refractivity contribution in [2.75, 3.05) is 37.6 Å². The van der Waals surface area contributed by atoms with Gasteiger partial charge in [0.2, 0.25) is 12.1 Å². The molecule has 2 fully saturated rings. The molecular weight excluding hydrogens is 446 g/mol. The van der Waals surface area contributed by atoms with Crippen LogP contribution in [0.25, 0.3) is 0 Å². The number of ether oxygens (including phenoxy) is 1. The zero-order chi connectivity index (χ0) is 23.8. The molecule has 32 heavy (non-hydrogen) atoms. The summed E-state index contributed by atoms with van der Waals surface area (Å²) in [4.78, 5) is 27.4. The molecular formula is C19H18F6N4O3. The fourth-order valence-electron chi connectivity index (χ4n) is 3.67. The summed E-state index contributed by atoms with van der Waals surface area (Å²) in [6.45, 7) is 1.36. The smallest absolute Gasteiger partial charge is 0.339 e. The van der Waals surface area contributed by atoms with Crippen molar-refractivity contribution in [2.24, 2.45) is 0 Å². The lowest BCUT2D eigenvalue weighted by atomic mass is 10.1. The number of anilines is 1. The Morgan fingerprint density at radius 2 is 1.66 bits per heavy atom. The first-order valence-electron chi connectivity index (χ1n) is 9.47. The summed E-state index contributed by atoms with van der Waals surface area (Å²) in [5.41, 5.74) is -2.59. The average molecular weight is 464 g/mol. The molecule has 2 aliphatic rings. The first kappa shape index (κ1) is 23.6. The van der Waals surface area contributed by atoms with E-state index < -0.39 is 54.0 Å². The predicted octanol–water partition coefficient (Wildman–Crippen LogP) is 2.36. The van der Waals surface area contributed by atoms with Crippen molar-refractivity contribution >= 4 is 17.5 Å². The van der Waals surface area contributed by atoms with Crippen LogP contribution in [0.15, 0.2) is 18.2 Å². The van der Waals surface area contributed by atoms with Gasteiger partial charge in [0.15, 0.2) is 6.10 Å². The summed E-state index contributed by atoms with van der Waals surface area (Å²) in [5, 5.41) is 8.89. The monoisotopic (exact) mass is 464 g/mol. The van der Waals surface area contributed by atoms with E-state index in [4.69, 9.17) is 10.00 Å². The quantitative estimate of drug-likeness (QED) is 0.629. The highest BCUT2D eigenvalue weighted by Gasteiger charge is 2.53. The minimum atomic E-state index is -4.99. The Hall–Kier alpha value is -3.01. The molecule has 2 unspecified atom stereocenters. The van der Waals surface area contributed by atoms with E-state index in [0.717, 1.165) is 12.1 Å². The maximum absolute atomic E-state index is 13.6. The summed E-state index contributed by atoms with van der Waals surface area (Å²) in [6.07, 6.45) is -14.1. The zero-order valence-electron chi connectivity index (χ0n) is 16.7. The van der Waals surface area contributed by atoms with Crippen LogP contribution in [-0.2, 0) is 20.5 Å². The van der Waals surface area contributed by atoms with Crippen LogP contribution in [0.3, 0.4) is 0 Å². The van der Waals surface area contributed by atoms with Crippen molar-refractivity contribution in [3.63, 3.8) is 0 Å². The van der Waals surface area contributed by atoms with Gasteiger partial charge in [0.05, 0.1) is 23.7 Å². The molecule has 0 saturated carbocycles. The highest BCUT2D eigenvalue weighted by atomic mass is 19.4. The predicted molar refractivity (Wildman–Crippen MR) is 97.1 cm³/mol. The maximum atomic E-state index is 13.6. The second-order valence-corrected chi connectivity index (χ2v) is 7.34. The van der Waals surface area contributed by atoms with E-state index in [1.54, 1.807) is 0 Å². The minimum Gasteiger partial charge on any atom is -0.339 e. The van der Waals surface area contributed by atoms with E-state index in [-0.39, 0.29) is 32.1 Å². The molecule has 174 valence electrons. The SMILES string of the molecule is CC(=O)N1CCN(C(=O)C2CN(c3ccc(C#N)c(C(F)(F)F)c3)C(C(F)(F)F)O2)CC1. The number of benzene rings is 1. The van der Waals surface area contributed by atoms with E-state index in [2.05, 4.69) is 0 Å². The molecule has 0 aliphatic carbocycles. The number of carbonyl (C=O) groups excluding carboxylic acids is 2. The van der Waals surface area contributed by atoms with Crippen LogP contribution in [0.5, 0.6) is 0 Å². The summed E-state index contributed by atoms with van der Waals surface area (Å²) in [6, 6.07) is 3.54. The minimum absolute atomic E-state index is 0.101. The van der Waals surface area contributed by atoms with Gasteiger partial charge in [0.1, 0.15) is 0 Å². The number of piperazine rings is 1.